The Labute approximate surface area is 157 Å². The Morgan fingerprint density at radius 2 is 2.00 bits per heavy atom. The van der Waals surface area contributed by atoms with Crippen molar-refractivity contribution in [2.24, 2.45) is 5.14 Å². The van der Waals surface area contributed by atoms with Crippen molar-refractivity contribution in [3.63, 3.8) is 0 Å². The SMILES string of the molecule is Cc1nc2ncnn2c(N(C)C)c1-c1ccc2c(c1)CCN(S(N)(=O)=O)C2. The predicted molar refractivity (Wildman–Crippen MR) is 103 cm³/mol. The van der Waals surface area contributed by atoms with Gasteiger partial charge < -0.3 is 4.90 Å². The topological polar surface area (TPSA) is 110 Å². The molecular formula is C17H21N7O2S. The first-order chi connectivity index (χ1) is 12.8. The van der Waals surface area contributed by atoms with E-state index in [1.165, 1.54) is 10.6 Å². The van der Waals surface area contributed by atoms with Gasteiger partial charge in [-0.3, -0.25) is 0 Å². The van der Waals surface area contributed by atoms with Crippen molar-refractivity contribution in [3.8, 4) is 11.1 Å². The third-order valence-electron chi connectivity index (χ3n) is 4.84. The van der Waals surface area contributed by atoms with Crippen molar-refractivity contribution in [1.82, 2.24) is 23.9 Å². The van der Waals surface area contributed by atoms with E-state index in [0.29, 0.717) is 25.3 Å². The Hall–Kier alpha value is -2.56. The monoisotopic (exact) mass is 387 g/mol. The van der Waals surface area contributed by atoms with Crippen LogP contribution in [-0.2, 0) is 23.2 Å². The Kier molecular flexibility index (Phi) is 4.13. The number of nitrogens with zero attached hydrogens (tertiary/aromatic N) is 6. The Morgan fingerprint density at radius 3 is 2.70 bits per heavy atom. The largest absolute Gasteiger partial charge is 0.362 e. The maximum absolute atomic E-state index is 11.6. The van der Waals surface area contributed by atoms with Crippen LogP contribution in [0.25, 0.3) is 16.9 Å². The molecule has 3 heterocycles. The lowest BCUT2D eigenvalue weighted by molar-refractivity contribution is 0.392. The third-order valence-corrected chi connectivity index (χ3v) is 5.87. The van der Waals surface area contributed by atoms with Gasteiger partial charge in [-0.25, -0.2) is 10.1 Å². The molecule has 1 aliphatic heterocycles. The van der Waals surface area contributed by atoms with Gasteiger partial charge in [0.15, 0.2) is 0 Å². The molecule has 2 aromatic heterocycles. The van der Waals surface area contributed by atoms with Crippen LogP contribution >= 0.6 is 0 Å². The van der Waals surface area contributed by atoms with Crippen molar-refractivity contribution >= 4 is 21.8 Å². The number of nitrogens with two attached hydrogens (primary N) is 1. The van der Waals surface area contributed by atoms with Gasteiger partial charge in [-0.1, -0.05) is 18.2 Å². The number of hydrogen-bond donors (Lipinski definition) is 1. The number of aromatic nitrogens is 4. The van der Waals surface area contributed by atoms with E-state index in [-0.39, 0.29) is 0 Å². The summed E-state index contributed by atoms with van der Waals surface area (Å²) in [6, 6.07) is 6.06. The summed E-state index contributed by atoms with van der Waals surface area (Å²) in [6.45, 7) is 2.64. The van der Waals surface area contributed by atoms with E-state index in [0.717, 1.165) is 33.8 Å². The number of hydrogen-bond acceptors (Lipinski definition) is 6. The lowest BCUT2D eigenvalue weighted by Gasteiger charge is -2.27. The van der Waals surface area contributed by atoms with Crippen molar-refractivity contribution in [1.29, 1.82) is 0 Å². The zero-order valence-electron chi connectivity index (χ0n) is 15.4. The Bertz CT molecular complexity index is 1140. The van der Waals surface area contributed by atoms with E-state index in [1.807, 2.05) is 38.1 Å². The summed E-state index contributed by atoms with van der Waals surface area (Å²) in [6.07, 6.45) is 2.11. The molecule has 3 aromatic rings. The van der Waals surface area contributed by atoms with Gasteiger partial charge in [0.05, 0.1) is 5.69 Å². The highest BCUT2D eigenvalue weighted by Gasteiger charge is 2.25. The summed E-state index contributed by atoms with van der Waals surface area (Å²) in [4.78, 5) is 10.8. The fraction of sp³-hybridized carbons (Fsp3) is 0.353. The highest BCUT2D eigenvalue weighted by atomic mass is 32.2. The summed E-state index contributed by atoms with van der Waals surface area (Å²) in [5, 5.41) is 9.58. The molecule has 0 spiro atoms. The van der Waals surface area contributed by atoms with Crippen molar-refractivity contribution in [3.05, 3.63) is 41.3 Å². The minimum atomic E-state index is -3.68. The number of fused-ring (bicyclic) bond motifs is 2. The molecule has 0 bridgehead atoms. The molecule has 0 saturated heterocycles. The van der Waals surface area contributed by atoms with Crippen LogP contribution in [0.5, 0.6) is 0 Å². The van der Waals surface area contributed by atoms with Gasteiger partial charge in [0.1, 0.15) is 12.1 Å². The van der Waals surface area contributed by atoms with E-state index in [1.54, 1.807) is 4.52 Å². The molecular weight excluding hydrogens is 366 g/mol. The molecule has 2 N–H and O–H groups in total. The molecule has 0 aliphatic carbocycles. The van der Waals surface area contributed by atoms with Crippen LogP contribution in [0.2, 0.25) is 0 Å². The quantitative estimate of drug-likeness (QED) is 0.709. The molecule has 0 amide bonds. The second-order valence-electron chi connectivity index (χ2n) is 6.87. The number of benzene rings is 1. The average Bonchev–Trinajstić information content (AvgIpc) is 3.06. The van der Waals surface area contributed by atoms with E-state index >= 15 is 0 Å². The summed E-state index contributed by atoms with van der Waals surface area (Å²) < 4.78 is 26.3. The summed E-state index contributed by atoms with van der Waals surface area (Å²) in [5.74, 6) is 1.46. The van der Waals surface area contributed by atoms with Gasteiger partial charge in [0.25, 0.3) is 16.0 Å². The lowest BCUT2D eigenvalue weighted by atomic mass is 9.95. The molecule has 0 saturated carbocycles. The van der Waals surface area contributed by atoms with Crippen LogP contribution in [-0.4, -0.2) is 52.9 Å². The number of aryl methyl sites for hydroxylation is 1. The molecule has 1 aromatic carbocycles. The van der Waals surface area contributed by atoms with Crippen molar-refractivity contribution in [2.45, 2.75) is 19.9 Å². The summed E-state index contributed by atoms with van der Waals surface area (Å²) >= 11 is 0. The van der Waals surface area contributed by atoms with Crippen LogP contribution < -0.4 is 10.0 Å². The second kappa shape index (κ2) is 6.25. The molecule has 0 atom stereocenters. The van der Waals surface area contributed by atoms with Gasteiger partial charge in [-0.15, -0.1) is 0 Å². The Morgan fingerprint density at radius 1 is 1.22 bits per heavy atom. The Balaban J connectivity index is 1.84. The lowest BCUT2D eigenvalue weighted by Crippen LogP contribution is -2.40. The minimum absolute atomic E-state index is 0.300. The number of rotatable bonds is 3. The van der Waals surface area contributed by atoms with Crippen LogP contribution in [0.1, 0.15) is 16.8 Å². The second-order valence-corrected chi connectivity index (χ2v) is 8.42. The first-order valence-electron chi connectivity index (χ1n) is 8.53. The van der Waals surface area contributed by atoms with Crippen molar-refractivity contribution in [2.75, 3.05) is 25.5 Å². The fourth-order valence-corrected chi connectivity index (χ4v) is 4.25. The zero-order chi connectivity index (χ0) is 19.3. The normalized spacial score (nSPS) is 15.1. The molecule has 0 unspecified atom stereocenters. The molecule has 27 heavy (non-hydrogen) atoms. The van der Waals surface area contributed by atoms with E-state index in [2.05, 4.69) is 21.1 Å². The van der Waals surface area contributed by atoms with Gasteiger partial charge >= 0.3 is 0 Å². The van der Waals surface area contributed by atoms with Crippen LogP contribution in [0.4, 0.5) is 5.82 Å². The smallest absolute Gasteiger partial charge is 0.277 e. The van der Waals surface area contributed by atoms with Crippen LogP contribution in [0.3, 0.4) is 0 Å². The first-order valence-corrected chi connectivity index (χ1v) is 10.0. The summed E-state index contributed by atoms with van der Waals surface area (Å²) in [5.41, 5.74) is 4.95. The molecule has 4 rings (SSSR count). The van der Waals surface area contributed by atoms with Gasteiger partial charge in [0.2, 0.25) is 0 Å². The predicted octanol–water partition coefficient (Wildman–Crippen LogP) is 0.727. The maximum atomic E-state index is 11.6. The minimum Gasteiger partial charge on any atom is -0.362 e. The highest BCUT2D eigenvalue weighted by Crippen LogP contribution is 2.34. The molecule has 0 fully saturated rings. The average molecular weight is 387 g/mol. The summed E-state index contributed by atoms with van der Waals surface area (Å²) in [7, 11) is 0.245. The third kappa shape index (κ3) is 3.05. The standard InChI is InChI=1S/C17H21N7O2S/c1-11-15(16(22(2)3)24-17(21-11)19-10-20-24)13-4-5-14-9-23(27(18,25)26)7-6-12(14)8-13/h4-5,8,10H,6-7,9H2,1-3H3,(H2,18,25,26). The molecule has 9 nitrogen and oxygen atoms in total. The van der Waals surface area contributed by atoms with Crippen molar-refractivity contribution < 1.29 is 8.42 Å². The maximum Gasteiger partial charge on any atom is 0.277 e. The fourth-order valence-electron chi connectivity index (χ4n) is 3.59. The molecule has 10 heteroatoms. The number of anilines is 1. The molecule has 0 radical (unpaired) electrons. The zero-order valence-corrected chi connectivity index (χ0v) is 16.2. The van der Waals surface area contributed by atoms with E-state index in [4.69, 9.17) is 5.14 Å². The highest BCUT2D eigenvalue weighted by molar-refractivity contribution is 7.86. The van der Waals surface area contributed by atoms with Crippen LogP contribution in [0.15, 0.2) is 24.5 Å². The van der Waals surface area contributed by atoms with Crippen LogP contribution in [0, 0.1) is 6.92 Å². The van der Waals surface area contributed by atoms with E-state index < -0.39 is 10.2 Å². The first kappa shape index (κ1) is 17.8. The van der Waals surface area contributed by atoms with E-state index in [9.17, 15) is 8.42 Å². The van der Waals surface area contributed by atoms with Gasteiger partial charge in [-0.05, 0) is 30.0 Å². The molecule has 142 valence electrons. The molecule has 1 aliphatic rings. The van der Waals surface area contributed by atoms with Gasteiger partial charge in [0, 0.05) is 32.7 Å². The van der Waals surface area contributed by atoms with Gasteiger partial charge in [-0.2, -0.15) is 27.3 Å².